The summed E-state index contributed by atoms with van der Waals surface area (Å²) in [5, 5.41) is 0.515. The molecule has 0 saturated carbocycles. The second-order valence-electron chi connectivity index (χ2n) is 7.64. The highest BCUT2D eigenvalue weighted by molar-refractivity contribution is 5.99. The Balaban J connectivity index is 1.86. The molecule has 0 aliphatic carbocycles. The molecule has 0 unspecified atom stereocenters. The minimum Gasteiger partial charge on any atom is -0.450 e. The Labute approximate surface area is 164 Å². The molecule has 3 aromatic rings. The lowest BCUT2D eigenvalue weighted by Gasteiger charge is -2.25. The van der Waals surface area contributed by atoms with E-state index in [9.17, 15) is 9.59 Å². The second-order valence-corrected chi connectivity index (χ2v) is 7.64. The first-order valence-corrected chi connectivity index (χ1v) is 9.55. The minimum atomic E-state index is -0.411. The third kappa shape index (κ3) is 3.12. The number of carbonyl (C=O) groups is 1. The molecule has 0 saturated heterocycles. The van der Waals surface area contributed by atoms with Crippen LogP contribution >= 0.6 is 0 Å². The highest BCUT2D eigenvalue weighted by atomic mass is 16.3. The number of hydrogen-bond acceptors (Lipinski definition) is 4. The number of nitrogens with zero attached hydrogens (tertiary/aromatic N) is 2. The maximum absolute atomic E-state index is 13.3. The van der Waals surface area contributed by atoms with Crippen LogP contribution in [0.5, 0.6) is 0 Å². The van der Waals surface area contributed by atoms with Gasteiger partial charge in [0.25, 0.3) is 5.91 Å². The van der Waals surface area contributed by atoms with Crippen molar-refractivity contribution < 1.29 is 9.21 Å². The molecule has 0 spiro atoms. The zero-order valence-corrected chi connectivity index (χ0v) is 16.4. The molecule has 0 bridgehead atoms. The van der Waals surface area contributed by atoms with Crippen molar-refractivity contribution in [3.8, 4) is 0 Å². The van der Waals surface area contributed by atoms with Crippen LogP contribution < -0.4 is 5.43 Å². The van der Waals surface area contributed by atoms with E-state index in [4.69, 9.17) is 4.42 Å². The Bertz CT molecular complexity index is 1080. The molecular weight excluding hydrogens is 352 g/mol. The summed E-state index contributed by atoms with van der Waals surface area (Å²) in [6, 6.07) is 14.7. The summed E-state index contributed by atoms with van der Waals surface area (Å²) >= 11 is 0. The number of amides is 1. The summed E-state index contributed by atoms with van der Waals surface area (Å²) in [6.45, 7) is 3.45. The minimum absolute atomic E-state index is 0.120. The van der Waals surface area contributed by atoms with Gasteiger partial charge < -0.3 is 14.2 Å². The van der Waals surface area contributed by atoms with Crippen LogP contribution in [0.1, 0.15) is 39.7 Å². The monoisotopic (exact) mass is 376 g/mol. The van der Waals surface area contributed by atoms with Crippen LogP contribution in [-0.2, 0) is 0 Å². The molecule has 144 valence electrons. The van der Waals surface area contributed by atoms with Crippen LogP contribution in [0.2, 0.25) is 0 Å². The van der Waals surface area contributed by atoms with Crippen molar-refractivity contribution in [1.29, 1.82) is 0 Å². The fraction of sp³-hybridized carbons (Fsp3) is 0.304. The highest BCUT2D eigenvalue weighted by Crippen LogP contribution is 2.38. The summed E-state index contributed by atoms with van der Waals surface area (Å²) in [7, 11) is 4.02. The molecule has 0 radical (unpaired) electrons. The van der Waals surface area contributed by atoms with Crippen molar-refractivity contribution in [2.24, 2.45) is 0 Å². The van der Waals surface area contributed by atoms with Crippen molar-refractivity contribution in [1.82, 2.24) is 9.80 Å². The Kier molecular flexibility index (Phi) is 4.77. The molecule has 1 aromatic heterocycles. The fourth-order valence-electron chi connectivity index (χ4n) is 3.85. The van der Waals surface area contributed by atoms with E-state index in [0.29, 0.717) is 23.1 Å². The molecule has 0 N–H and O–H groups in total. The van der Waals surface area contributed by atoms with Gasteiger partial charge in [-0.2, -0.15) is 0 Å². The van der Waals surface area contributed by atoms with Crippen molar-refractivity contribution in [2.45, 2.75) is 19.4 Å². The van der Waals surface area contributed by atoms with Crippen molar-refractivity contribution in [2.75, 3.05) is 27.2 Å². The van der Waals surface area contributed by atoms with E-state index in [1.165, 1.54) is 0 Å². The Hall–Kier alpha value is -2.92. The third-order valence-electron chi connectivity index (χ3n) is 5.27. The smallest absolute Gasteiger partial charge is 0.290 e. The lowest BCUT2D eigenvalue weighted by molar-refractivity contribution is 0.0722. The molecule has 2 heterocycles. The van der Waals surface area contributed by atoms with Crippen molar-refractivity contribution in [3.05, 3.63) is 81.2 Å². The Morgan fingerprint density at radius 2 is 1.75 bits per heavy atom. The molecule has 1 atom stereocenters. The fourth-order valence-corrected chi connectivity index (χ4v) is 3.85. The number of hydrogen-bond donors (Lipinski definition) is 0. The summed E-state index contributed by atoms with van der Waals surface area (Å²) in [4.78, 5) is 30.4. The van der Waals surface area contributed by atoms with Crippen LogP contribution in [0, 0.1) is 6.92 Å². The quantitative estimate of drug-likeness (QED) is 0.683. The van der Waals surface area contributed by atoms with Gasteiger partial charge in [-0.3, -0.25) is 9.59 Å². The first kappa shape index (κ1) is 18.4. The van der Waals surface area contributed by atoms with Gasteiger partial charge in [-0.1, -0.05) is 42.0 Å². The average molecular weight is 376 g/mol. The van der Waals surface area contributed by atoms with Crippen LogP contribution in [-0.4, -0.2) is 42.9 Å². The molecule has 0 fully saturated rings. The highest BCUT2D eigenvalue weighted by Gasteiger charge is 2.42. The summed E-state index contributed by atoms with van der Waals surface area (Å²) in [6.07, 6.45) is 0.822. The predicted molar refractivity (Wildman–Crippen MR) is 110 cm³/mol. The lowest BCUT2D eigenvalue weighted by Crippen LogP contribution is -2.32. The summed E-state index contributed by atoms with van der Waals surface area (Å²) in [5.41, 5.74) is 2.86. The first-order chi connectivity index (χ1) is 13.5. The third-order valence-corrected chi connectivity index (χ3v) is 5.27. The number of rotatable bonds is 5. The van der Waals surface area contributed by atoms with Crippen LogP contribution in [0.4, 0.5) is 0 Å². The molecular formula is C23H24N2O3. The molecule has 1 aliphatic heterocycles. The van der Waals surface area contributed by atoms with E-state index in [-0.39, 0.29) is 17.1 Å². The van der Waals surface area contributed by atoms with E-state index in [1.807, 2.05) is 57.4 Å². The topological polar surface area (TPSA) is 53.8 Å². The van der Waals surface area contributed by atoms with Crippen molar-refractivity contribution in [3.63, 3.8) is 0 Å². The SMILES string of the molecule is Cc1ccc([C@H]2c3c(oc4ccccc4c3=O)C(=O)N2CCCN(C)C)cc1. The van der Waals surface area contributed by atoms with E-state index in [2.05, 4.69) is 4.90 Å². The van der Waals surface area contributed by atoms with Gasteiger partial charge in [-0.15, -0.1) is 0 Å². The standard InChI is InChI=1S/C23H24N2O3/c1-15-9-11-16(12-10-15)20-19-21(26)17-7-4-5-8-18(17)28-22(19)23(27)25(20)14-6-13-24(2)3/h4-5,7-12,20H,6,13-14H2,1-3H3/t20-/m0/s1. The molecule has 28 heavy (non-hydrogen) atoms. The largest absolute Gasteiger partial charge is 0.450 e. The Morgan fingerprint density at radius 1 is 1.04 bits per heavy atom. The first-order valence-electron chi connectivity index (χ1n) is 9.55. The van der Waals surface area contributed by atoms with Crippen LogP contribution in [0.3, 0.4) is 0 Å². The number of aryl methyl sites for hydroxylation is 1. The van der Waals surface area contributed by atoms with Gasteiger partial charge in [0.15, 0.2) is 5.43 Å². The number of carbonyl (C=O) groups excluding carboxylic acids is 1. The van der Waals surface area contributed by atoms with Gasteiger partial charge >= 0.3 is 0 Å². The van der Waals surface area contributed by atoms with Gasteiger partial charge in [0.2, 0.25) is 5.76 Å². The van der Waals surface area contributed by atoms with E-state index in [1.54, 1.807) is 17.0 Å². The molecule has 5 nitrogen and oxygen atoms in total. The molecule has 4 rings (SSSR count). The maximum Gasteiger partial charge on any atom is 0.290 e. The predicted octanol–water partition coefficient (Wildman–Crippen LogP) is 3.60. The lowest BCUT2D eigenvalue weighted by atomic mass is 9.97. The summed E-state index contributed by atoms with van der Waals surface area (Å²) in [5.74, 6) is -0.0266. The van der Waals surface area contributed by atoms with Crippen LogP contribution in [0.25, 0.3) is 11.0 Å². The van der Waals surface area contributed by atoms with E-state index < -0.39 is 6.04 Å². The summed E-state index contributed by atoms with van der Waals surface area (Å²) < 4.78 is 5.93. The van der Waals surface area contributed by atoms with Gasteiger partial charge in [0.05, 0.1) is 17.0 Å². The zero-order valence-electron chi connectivity index (χ0n) is 16.4. The van der Waals surface area contributed by atoms with Crippen molar-refractivity contribution >= 4 is 16.9 Å². The number of benzene rings is 2. The second kappa shape index (κ2) is 7.24. The zero-order chi connectivity index (χ0) is 19.8. The van der Waals surface area contributed by atoms with Gasteiger partial charge in [0, 0.05) is 6.54 Å². The van der Waals surface area contributed by atoms with Gasteiger partial charge in [-0.05, 0) is 51.7 Å². The number of para-hydroxylation sites is 1. The van der Waals surface area contributed by atoms with Crippen LogP contribution in [0.15, 0.2) is 57.7 Å². The molecule has 5 heteroatoms. The Morgan fingerprint density at radius 3 is 2.46 bits per heavy atom. The normalized spacial score (nSPS) is 16.2. The van der Waals surface area contributed by atoms with Gasteiger partial charge in [0.1, 0.15) is 5.58 Å². The van der Waals surface area contributed by atoms with E-state index >= 15 is 0 Å². The van der Waals surface area contributed by atoms with E-state index in [0.717, 1.165) is 24.1 Å². The van der Waals surface area contributed by atoms with Gasteiger partial charge in [-0.25, -0.2) is 0 Å². The molecule has 1 amide bonds. The molecule has 1 aliphatic rings. The number of fused-ring (bicyclic) bond motifs is 2. The average Bonchev–Trinajstić information content (AvgIpc) is 2.95. The molecule has 2 aromatic carbocycles. The maximum atomic E-state index is 13.3.